The number of benzene rings is 1. The number of aliphatic hydroxyl groups excluding tert-OH is 1. The van der Waals surface area contributed by atoms with Crippen molar-refractivity contribution in [2.75, 3.05) is 5.75 Å². The van der Waals surface area contributed by atoms with Crippen molar-refractivity contribution in [3.63, 3.8) is 0 Å². The van der Waals surface area contributed by atoms with Crippen LogP contribution in [0.4, 0.5) is 0 Å². The summed E-state index contributed by atoms with van der Waals surface area (Å²) in [5.41, 5.74) is 1.81. The van der Waals surface area contributed by atoms with Crippen LogP contribution in [0, 0.1) is 0 Å². The molecule has 7 heteroatoms. The molecule has 0 spiro atoms. The van der Waals surface area contributed by atoms with Gasteiger partial charge in [0, 0.05) is 12.2 Å². The highest BCUT2D eigenvalue weighted by atomic mass is 32.2. The molecule has 0 bridgehead atoms. The Morgan fingerprint density at radius 1 is 0.903 bits per heavy atom. The molecule has 0 saturated carbocycles. The van der Waals surface area contributed by atoms with Gasteiger partial charge in [0.2, 0.25) is 0 Å². The van der Waals surface area contributed by atoms with E-state index >= 15 is 0 Å². The fraction of sp³-hybridized carbons (Fsp3) is 0.500. The average molecular weight is 449 g/mol. The number of aliphatic carboxylic acids is 2. The van der Waals surface area contributed by atoms with Crippen molar-refractivity contribution in [3.8, 4) is 0 Å². The molecule has 0 fully saturated rings. The van der Waals surface area contributed by atoms with Crippen LogP contribution >= 0.6 is 11.8 Å². The van der Waals surface area contributed by atoms with E-state index < -0.39 is 23.3 Å². The molecule has 0 radical (unpaired) electrons. The number of hydrogen-bond acceptors (Lipinski definition) is 5. The Morgan fingerprint density at radius 2 is 1.58 bits per heavy atom. The fourth-order valence-electron chi connectivity index (χ4n) is 3.57. The molecule has 0 aliphatic carbocycles. The van der Waals surface area contributed by atoms with Crippen molar-refractivity contribution in [2.24, 2.45) is 0 Å². The van der Waals surface area contributed by atoms with E-state index in [0.717, 1.165) is 55.4 Å². The van der Waals surface area contributed by atoms with Crippen molar-refractivity contribution >= 4 is 23.7 Å². The number of carboxylic acid groups (broad SMARTS) is 2. The van der Waals surface area contributed by atoms with Gasteiger partial charge in [0.1, 0.15) is 5.76 Å². The Morgan fingerprint density at radius 3 is 2.23 bits per heavy atom. The number of carboxylic acids is 2. The predicted molar refractivity (Wildman–Crippen MR) is 121 cm³/mol. The minimum atomic E-state index is -1.57. The second kappa shape index (κ2) is 13.9. The van der Waals surface area contributed by atoms with E-state index in [1.165, 1.54) is 24.6 Å². The Hall–Kier alpha value is -2.25. The number of carbonyl (C=O) groups is 2. The van der Waals surface area contributed by atoms with E-state index in [-0.39, 0.29) is 12.2 Å². The lowest BCUT2D eigenvalue weighted by Crippen LogP contribution is -2.27. The van der Waals surface area contributed by atoms with Gasteiger partial charge in [0.05, 0.1) is 17.9 Å². The van der Waals surface area contributed by atoms with Crippen LogP contribution in [-0.4, -0.2) is 39.1 Å². The Labute approximate surface area is 187 Å². The van der Waals surface area contributed by atoms with Gasteiger partial charge in [0.15, 0.2) is 6.10 Å². The fourth-order valence-corrected chi connectivity index (χ4v) is 4.82. The van der Waals surface area contributed by atoms with Gasteiger partial charge < -0.3 is 19.7 Å². The number of aliphatic hydroxyl groups is 1. The molecule has 1 heterocycles. The SMILES string of the molecule is O=C(O)CCSC(c1ccccc1CCCCCCCCc1ccco1)C(O)C(=O)O. The maximum atomic E-state index is 11.4. The standard InChI is InChI=1S/C24H32O6S/c25-21(26)15-17-31-23(22(27)24(28)29)20-14-8-7-11-18(20)10-5-3-1-2-4-6-12-19-13-9-16-30-19/h7-9,11,13-14,16,22-23,27H,1-6,10,12,15,17H2,(H,25,26)(H,28,29). The highest BCUT2D eigenvalue weighted by Crippen LogP contribution is 2.35. The molecule has 2 rings (SSSR count). The van der Waals surface area contributed by atoms with Crippen LogP contribution in [0.2, 0.25) is 0 Å². The minimum absolute atomic E-state index is 0.0738. The van der Waals surface area contributed by atoms with Crippen LogP contribution in [0.25, 0.3) is 0 Å². The van der Waals surface area contributed by atoms with E-state index in [9.17, 15) is 19.8 Å². The first kappa shape index (κ1) is 25.0. The highest BCUT2D eigenvalue weighted by Gasteiger charge is 2.29. The number of thioether (sulfide) groups is 1. The average Bonchev–Trinajstić information content (AvgIpc) is 3.26. The van der Waals surface area contributed by atoms with E-state index in [1.54, 1.807) is 6.26 Å². The molecule has 2 atom stereocenters. The first-order valence-electron chi connectivity index (χ1n) is 10.8. The zero-order valence-corrected chi connectivity index (χ0v) is 18.6. The first-order valence-corrected chi connectivity index (χ1v) is 11.9. The van der Waals surface area contributed by atoms with Gasteiger partial charge in [0.25, 0.3) is 0 Å². The van der Waals surface area contributed by atoms with Gasteiger partial charge in [-0.25, -0.2) is 4.79 Å². The number of rotatable bonds is 16. The molecule has 0 aliphatic heterocycles. The van der Waals surface area contributed by atoms with Gasteiger partial charge in [-0.05, 0) is 42.5 Å². The third-order valence-electron chi connectivity index (χ3n) is 5.21. The molecule has 0 amide bonds. The molecule has 1 aromatic carbocycles. The summed E-state index contributed by atoms with van der Waals surface area (Å²) >= 11 is 1.19. The van der Waals surface area contributed by atoms with E-state index in [1.807, 2.05) is 36.4 Å². The summed E-state index contributed by atoms with van der Waals surface area (Å²) in [6, 6.07) is 11.5. The Bertz CT molecular complexity index is 789. The molecule has 1 aromatic heterocycles. The predicted octanol–water partition coefficient (Wildman–Crippen LogP) is 5.10. The molecule has 2 aromatic rings. The summed E-state index contributed by atoms with van der Waals surface area (Å²) < 4.78 is 5.34. The van der Waals surface area contributed by atoms with Gasteiger partial charge >= 0.3 is 11.9 Å². The van der Waals surface area contributed by atoms with E-state index in [2.05, 4.69) is 0 Å². The summed E-state index contributed by atoms with van der Waals surface area (Å²) in [5, 5.41) is 27.7. The zero-order chi connectivity index (χ0) is 22.5. The van der Waals surface area contributed by atoms with Gasteiger partial charge in [-0.1, -0.05) is 49.9 Å². The summed E-state index contributed by atoms with van der Waals surface area (Å²) in [6.07, 6.45) is 8.55. The summed E-state index contributed by atoms with van der Waals surface area (Å²) in [6.45, 7) is 0. The van der Waals surface area contributed by atoms with Gasteiger partial charge in [-0.15, -0.1) is 11.8 Å². The summed E-state index contributed by atoms with van der Waals surface area (Å²) in [4.78, 5) is 22.2. The van der Waals surface area contributed by atoms with Crippen molar-refractivity contribution < 1.29 is 29.3 Å². The topological polar surface area (TPSA) is 108 Å². The third kappa shape index (κ3) is 9.19. The van der Waals surface area contributed by atoms with Crippen LogP contribution in [-0.2, 0) is 22.4 Å². The van der Waals surface area contributed by atoms with Crippen LogP contribution < -0.4 is 0 Å². The summed E-state index contributed by atoms with van der Waals surface area (Å²) in [5.74, 6) is -0.946. The van der Waals surface area contributed by atoms with Crippen LogP contribution in [0.1, 0.15) is 67.1 Å². The lowest BCUT2D eigenvalue weighted by molar-refractivity contribution is -0.146. The molecular formula is C24H32O6S. The number of hydrogen-bond donors (Lipinski definition) is 3. The van der Waals surface area contributed by atoms with Crippen molar-refractivity contribution in [2.45, 2.75) is 69.1 Å². The molecular weight excluding hydrogens is 416 g/mol. The lowest BCUT2D eigenvalue weighted by atomic mass is 9.96. The van der Waals surface area contributed by atoms with E-state index in [0.29, 0.717) is 0 Å². The largest absolute Gasteiger partial charge is 0.481 e. The van der Waals surface area contributed by atoms with Gasteiger partial charge in [-0.2, -0.15) is 0 Å². The second-order valence-corrected chi connectivity index (χ2v) is 8.87. The lowest BCUT2D eigenvalue weighted by Gasteiger charge is -2.22. The Balaban J connectivity index is 1.81. The second-order valence-electron chi connectivity index (χ2n) is 7.62. The van der Waals surface area contributed by atoms with Crippen LogP contribution in [0.15, 0.2) is 47.1 Å². The van der Waals surface area contributed by atoms with E-state index in [4.69, 9.17) is 9.52 Å². The molecule has 31 heavy (non-hydrogen) atoms. The molecule has 170 valence electrons. The number of furan rings is 1. The summed E-state index contributed by atoms with van der Waals surface area (Å²) in [7, 11) is 0. The smallest absolute Gasteiger partial charge is 0.334 e. The Kier molecular flexibility index (Phi) is 11.2. The molecule has 2 unspecified atom stereocenters. The van der Waals surface area contributed by atoms with Crippen LogP contribution in [0.3, 0.4) is 0 Å². The quantitative estimate of drug-likeness (QED) is 0.307. The number of aryl methyl sites for hydroxylation is 2. The number of unbranched alkanes of at least 4 members (excludes halogenated alkanes) is 5. The van der Waals surface area contributed by atoms with Crippen LogP contribution in [0.5, 0.6) is 0 Å². The monoisotopic (exact) mass is 448 g/mol. The molecule has 6 nitrogen and oxygen atoms in total. The minimum Gasteiger partial charge on any atom is -0.481 e. The van der Waals surface area contributed by atoms with Gasteiger partial charge in [-0.3, -0.25) is 4.79 Å². The third-order valence-corrected chi connectivity index (χ3v) is 6.52. The molecule has 0 saturated heterocycles. The highest BCUT2D eigenvalue weighted by molar-refractivity contribution is 7.99. The van der Waals surface area contributed by atoms with Crippen molar-refractivity contribution in [1.82, 2.24) is 0 Å². The maximum absolute atomic E-state index is 11.4. The zero-order valence-electron chi connectivity index (χ0n) is 17.7. The van der Waals surface area contributed by atoms with Crippen molar-refractivity contribution in [3.05, 3.63) is 59.5 Å². The molecule has 3 N–H and O–H groups in total. The first-order chi connectivity index (χ1) is 15.0. The maximum Gasteiger partial charge on any atom is 0.334 e. The normalized spacial score (nSPS) is 13.1. The molecule has 0 aliphatic rings. The van der Waals surface area contributed by atoms with Crippen molar-refractivity contribution in [1.29, 1.82) is 0 Å².